The van der Waals surface area contributed by atoms with Gasteiger partial charge in [0.05, 0.1) is 6.33 Å². The molecular formula is C22H25N3O. The standard InChI is InChI=1S/C22H25N3O/c1-2-4-19(5-3-1)24-16-18-6-10-21(11-7-18)26-22-12-8-20(9-13-22)25-15-14-23-17-25/h6-15,17,19,24H,1-5,16H2. The number of aromatic nitrogens is 2. The van der Waals surface area contributed by atoms with E-state index in [1.165, 1.54) is 37.7 Å². The average Bonchev–Trinajstić information content (AvgIpc) is 3.24. The van der Waals surface area contributed by atoms with Gasteiger partial charge in [-0.15, -0.1) is 0 Å². The molecule has 0 bridgehead atoms. The van der Waals surface area contributed by atoms with Crippen molar-refractivity contribution in [3.63, 3.8) is 0 Å². The molecular weight excluding hydrogens is 322 g/mol. The summed E-state index contributed by atoms with van der Waals surface area (Å²) in [5.74, 6) is 1.70. The monoisotopic (exact) mass is 347 g/mol. The maximum atomic E-state index is 5.95. The molecule has 1 fully saturated rings. The Morgan fingerprint density at radius 1 is 0.923 bits per heavy atom. The Labute approximate surface area is 154 Å². The molecule has 0 radical (unpaired) electrons. The first-order valence-corrected chi connectivity index (χ1v) is 9.45. The highest BCUT2D eigenvalue weighted by Crippen LogP contribution is 2.23. The average molecular weight is 347 g/mol. The third kappa shape index (κ3) is 4.33. The van der Waals surface area contributed by atoms with Crippen LogP contribution in [-0.2, 0) is 6.54 Å². The fourth-order valence-electron chi connectivity index (χ4n) is 3.48. The summed E-state index contributed by atoms with van der Waals surface area (Å²) in [6, 6.07) is 17.1. The van der Waals surface area contributed by atoms with Gasteiger partial charge in [0, 0.05) is 30.7 Å². The summed E-state index contributed by atoms with van der Waals surface area (Å²) in [6.07, 6.45) is 12.2. The Morgan fingerprint density at radius 3 is 2.27 bits per heavy atom. The molecule has 0 saturated heterocycles. The van der Waals surface area contributed by atoms with E-state index in [9.17, 15) is 0 Å². The normalized spacial score (nSPS) is 15.1. The molecule has 3 aromatic rings. The number of hydrogen-bond acceptors (Lipinski definition) is 3. The minimum absolute atomic E-state index is 0.689. The fourth-order valence-corrected chi connectivity index (χ4v) is 3.48. The maximum Gasteiger partial charge on any atom is 0.127 e. The topological polar surface area (TPSA) is 39.1 Å². The molecule has 1 aliphatic rings. The van der Waals surface area contributed by atoms with Crippen molar-refractivity contribution in [1.82, 2.24) is 14.9 Å². The third-order valence-corrected chi connectivity index (χ3v) is 5.00. The molecule has 1 N–H and O–H groups in total. The van der Waals surface area contributed by atoms with Crippen LogP contribution in [0.1, 0.15) is 37.7 Å². The first-order chi connectivity index (χ1) is 12.9. The van der Waals surface area contributed by atoms with Crippen LogP contribution in [0.25, 0.3) is 5.69 Å². The van der Waals surface area contributed by atoms with Crippen molar-refractivity contribution >= 4 is 0 Å². The summed E-state index contributed by atoms with van der Waals surface area (Å²) in [5, 5.41) is 3.68. The number of imidazole rings is 1. The zero-order valence-corrected chi connectivity index (χ0v) is 15.0. The molecule has 1 aliphatic carbocycles. The second-order valence-corrected chi connectivity index (χ2v) is 6.93. The van der Waals surface area contributed by atoms with Crippen LogP contribution in [0, 0.1) is 0 Å². The summed E-state index contributed by atoms with van der Waals surface area (Å²) in [6.45, 7) is 0.935. The summed E-state index contributed by atoms with van der Waals surface area (Å²) >= 11 is 0. The van der Waals surface area contributed by atoms with Gasteiger partial charge in [-0.05, 0) is 54.8 Å². The Morgan fingerprint density at radius 2 is 1.62 bits per heavy atom. The summed E-state index contributed by atoms with van der Waals surface area (Å²) in [5.41, 5.74) is 2.37. The molecule has 4 rings (SSSR count). The molecule has 26 heavy (non-hydrogen) atoms. The Balaban J connectivity index is 1.32. The number of rotatable bonds is 6. The van der Waals surface area contributed by atoms with E-state index in [1.807, 2.05) is 47.2 Å². The Hall–Kier alpha value is -2.59. The zero-order chi connectivity index (χ0) is 17.6. The van der Waals surface area contributed by atoms with E-state index >= 15 is 0 Å². The minimum atomic E-state index is 0.689. The fraction of sp³-hybridized carbons (Fsp3) is 0.318. The molecule has 1 saturated carbocycles. The molecule has 0 unspecified atom stereocenters. The lowest BCUT2D eigenvalue weighted by Gasteiger charge is -2.22. The number of ether oxygens (including phenoxy) is 1. The first-order valence-electron chi connectivity index (χ1n) is 9.45. The van der Waals surface area contributed by atoms with Gasteiger partial charge in [-0.2, -0.15) is 0 Å². The molecule has 4 heteroatoms. The molecule has 4 nitrogen and oxygen atoms in total. The smallest absolute Gasteiger partial charge is 0.127 e. The lowest BCUT2D eigenvalue weighted by Crippen LogP contribution is -2.30. The van der Waals surface area contributed by atoms with Crippen LogP contribution in [0.2, 0.25) is 0 Å². The lowest BCUT2D eigenvalue weighted by atomic mass is 9.95. The van der Waals surface area contributed by atoms with Crippen molar-refractivity contribution in [2.24, 2.45) is 0 Å². The quantitative estimate of drug-likeness (QED) is 0.675. The van der Waals surface area contributed by atoms with E-state index in [1.54, 1.807) is 12.5 Å². The molecule has 0 atom stereocenters. The molecule has 0 aliphatic heterocycles. The Kier molecular flexibility index (Phi) is 5.31. The van der Waals surface area contributed by atoms with Crippen LogP contribution in [0.3, 0.4) is 0 Å². The summed E-state index contributed by atoms with van der Waals surface area (Å²) in [4.78, 5) is 4.07. The van der Waals surface area contributed by atoms with Crippen LogP contribution >= 0.6 is 0 Å². The van der Waals surface area contributed by atoms with Gasteiger partial charge < -0.3 is 14.6 Å². The van der Waals surface area contributed by atoms with E-state index in [4.69, 9.17) is 4.74 Å². The molecule has 134 valence electrons. The highest BCUT2D eigenvalue weighted by Gasteiger charge is 2.12. The molecule has 2 aromatic carbocycles. The summed E-state index contributed by atoms with van der Waals surface area (Å²) in [7, 11) is 0. The van der Waals surface area contributed by atoms with Gasteiger partial charge in [-0.1, -0.05) is 31.4 Å². The highest BCUT2D eigenvalue weighted by atomic mass is 16.5. The van der Waals surface area contributed by atoms with Crippen LogP contribution in [0.4, 0.5) is 0 Å². The number of nitrogens with one attached hydrogen (secondary N) is 1. The van der Waals surface area contributed by atoms with Gasteiger partial charge >= 0.3 is 0 Å². The SMILES string of the molecule is c1cn(-c2ccc(Oc3ccc(CNC4CCCCC4)cc3)cc2)cn1. The second-order valence-electron chi connectivity index (χ2n) is 6.93. The van der Waals surface area contributed by atoms with Gasteiger partial charge in [0.15, 0.2) is 0 Å². The lowest BCUT2D eigenvalue weighted by molar-refractivity contribution is 0.372. The number of benzene rings is 2. The highest BCUT2D eigenvalue weighted by molar-refractivity contribution is 5.39. The minimum Gasteiger partial charge on any atom is -0.457 e. The predicted octanol–water partition coefficient (Wildman–Crippen LogP) is 5.09. The van der Waals surface area contributed by atoms with Crippen molar-refractivity contribution in [2.45, 2.75) is 44.7 Å². The van der Waals surface area contributed by atoms with Gasteiger partial charge in [0.2, 0.25) is 0 Å². The predicted molar refractivity (Wildman–Crippen MR) is 104 cm³/mol. The molecule has 1 heterocycles. The Bertz CT molecular complexity index is 788. The maximum absolute atomic E-state index is 5.95. The number of nitrogens with zero attached hydrogens (tertiary/aromatic N) is 2. The van der Waals surface area contributed by atoms with Crippen molar-refractivity contribution in [1.29, 1.82) is 0 Å². The first kappa shape index (κ1) is 16.9. The van der Waals surface area contributed by atoms with Crippen LogP contribution < -0.4 is 10.1 Å². The summed E-state index contributed by atoms with van der Waals surface area (Å²) < 4.78 is 7.93. The molecule has 0 amide bonds. The molecule has 1 aromatic heterocycles. The second kappa shape index (κ2) is 8.19. The van der Waals surface area contributed by atoms with Crippen molar-refractivity contribution in [3.05, 3.63) is 72.8 Å². The van der Waals surface area contributed by atoms with Crippen molar-refractivity contribution in [2.75, 3.05) is 0 Å². The van der Waals surface area contributed by atoms with Crippen molar-refractivity contribution < 1.29 is 4.74 Å². The van der Waals surface area contributed by atoms with Gasteiger partial charge in [0.25, 0.3) is 0 Å². The zero-order valence-electron chi connectivity index (χ0n) is 15.0. The van der Waals surface area contributed by atoms with E-state index in [0.29, 0.717) is 6.04 Å². The third-order valence-electron chi connectivity index (χ3n) is 5.00. The molecule has 0 spiro atoms. The van der Waals surface area contributed by atoms with Gasteiger partial charge in [-0.25, -0.2) is 4.98 Å². The van der Waals surface area contributed by atoms with E-state index in [2.05, 4.69) is 22.4 Å². The van der Waals surface area contributed by atoms with E-state index in [-0.39, 0.29) is 0 Å². The van der Waals surface area contributed by atoms with E-state index < -0.39 is 0 Å². The largest absolute Gasteiger partial charge is 0.457 e. The van der Waals surface area contributed by atoms with E-state index in [0.717, 1.165) is 23.7 Å². The van der Waals surface area contributed by atoms with Crippen LogP contribution in [-0.4, -0.2) is 15.6 Å². The van der Waals surface area contributed by atoms with Gasteiger partial charge in [0.1, 0.15) is 11.5 Å². The van der Waals surface area contributed by atoms with Gasteiger partial charge in [-0.3, -0.25) is 0 Å². The van der Waals surface area contributed by atoms with Crippen molar-refractivity contribution in [3.8, 4) is 17.2 Å². The van der Waals surface area contributed by atoms with Crippen LogP contribution in [0.15, 0.2) is 67.3 Å². The van der Waals surface area contributed by atoms with Crippen LogP contribution in [0.5, 0.6) is 11.5 Å². The number of hydrogen-bond donors (Lipinski definition) is 1.